The highest BCUT2D eigenvalue weighted by molar-refractivity contribution is 5.76. The van der Waals surface area contributed by atoms with Crippen LogP contribution in [0.3, 0.4) is 0 Å². The topological polar surface area (TPSA) is 95.9 Å². The fourth-order valence-electron chi connectivity index (χ4n) is 7.16. The molecule has 6 heteroatoms. The first-order valence-electron chi connectivity index (χ1n) is 23.5. The molecule has 0 bridgehead atoms. The highest BCUT2D eigenvalue weighted by Gasteiger charge is 2.18. The lowest BCUT2D eigenvalue weighted by atomic mass is 10.0. The van der Waals surface area contributed by atoms with Crippen LogP contribution in [0.1, 0.15) is 251 Å². The van der Waals surface area contributed by atoms with E-state index in [9.17, 15) is 19.8 Å². The third-order valence-corrected chi connectivity index (χ3v) is 10.8. The number of hydrogen-bond acceptors (Lipinski definition) is 5. The van der Waals surface area contributed by atoms with Crippen LogP contribution in [0.5, 0.6) is 0 Å². The number of allylic oxidation sites excluding steroid dienone is 1. The fraction of sp³-hybridized carbons (Fsp3) is 0.915. The lowest BCUT2D eigenvalue weighted by Gasteiger charge is -2.20. The van der Waals surface area contributed by atoms with E-state index in [1.165, 1.54) is 167 Å². The standard InChI is InChI=1S/C47H91NO5/c1-3-5-7-9-11-13-15-16-17-18-20-25-29-33-37-41-47(52)53-42-38-34-30-26-22-21-24-28-32-36-40-46(51)48-44(43-49)45(50)39-35-31-27-23-19-14-12-10-8-6-4-2/h35,39,44-45,49-50H,3-34,36-38,40-43H2,1-2H3,(H,48,51)/b39-35+. The van der Waals surface area contributed by atoms with Gasteiger partial charge in [0, 0.05) is 12.8 Å². The number of hydrogen-bond donors (Lipinski definition) is 3. The Bertz CT molecular complexity index is 787. The Balaban J connectivity index is 3.48. The van der Waals surface area contributed by atoms with Gasteiger partial charge in [-0.3, -0.25) is 9.59 Å². The van der Waals surface area contributed by atoms with Gasteiger partial charge in [-0.1, -0.05) is 219 Å². The quantitative estimate of drug-likeness (QED) is 0.0328. The van der Waals surface area contributed by atoms with E-state index in [1.807, 2.05) is 6.08 Å². The predicted octanol–water partition coefficient (Wildman–Crippen LogP) is 13.4. The van der Waals surface area contributed by atoms with Crippen molar-refractivity contribution in [2.45, 2.75) is 264 Å². The maximum absolute atomic E-state index is 12.4. The summed E-state index contributed by atoms with van der Waals surface area (Å²) in [5.41, 5.74) is 0. The molecule has 0 rings (SSSR count). The molecule has 3 N–H and O–H groups in total. The molecule has 2 atom stereocenters. The average molecular weight is 750 g/mol. The minimum atomic E-state index is -0.855. The zero-order valence-electron chi connectivity index (χ0n) is 35.5. The van der Waals surface area contributed by atoms with Crippen molar-refractivity contribution in [3.63, 3.8) is 0 Å². The summed E-state index contributed by atoms with van der Waals surface area (Å²) in [5.74, 6) is -0.110. The molecule has 0 aliphatic carbocycles. The lowest BCUT2D eigenvalue weighted by molar-refractivity contribution is -0.143. The van der Waals surface area contributed by atoms with Crippen molar-refractivity contribution in [3.8, 4) is 0 Å². The van der Waals surface area contributed by atoms with Crippen molar-refractivity contribution in [3.05, 3.63) is 12.2 Å². The summed E-state index contributed by atoms with van der Waals surface area (Å²) in [4.78, 5) is 24.4. The molecule has 0 aliphatic rings. The van der Waals surface area contributed by atoms with Crippen molar-refractivity contribution in [1.82, 2.24) is 5.32 Å². The number of rotatable bonds is 43. The number of amides is 1. The Kier molecular flexibility index (Phi) is 42.2. The number of carbonyl (C=O) groups is 2. The van der Waals surface area contributed by atoms with Crippen LogP contribution in [0.25, 0.3) is 0 Å². The molecule has 1 amide bonds. The maximum Gasteiger partial charge on any atom is 0.305 e. The van der Waals surface area contributed by atoms with Crippen LogP contribution in [0, 0.1) is 0 Å². The molecule has 53 heavy (non-hydrogen) atoms. The van der Waals surface area contributed by atoms with E-state index in [-0.39, 0.29) is 18.5 Å². The van der Waals surface area contributed by atoms with Gasteiger partial charge in [0.1, 0.15) is 0 Å². The van der Waals surface area contributed by atoms with Gasteiger partial charge >= 0.3 is 5.97 Å². The SMILES string of the molecule is CCCCCCCCCCC/C=C/C(O)C(CO)NC(=O)CCCCCCCCCCCCOC(=O)CCCCCCCCCCCCCCCCC. The molecule has 6 nitrogen and oxygen atoms in total. The zero-order chi connectivity index (χ0) is 38.7. The molecule has 0 aromatic heterocycles. The third-order valence-electron chi connectivity index (χ3n) is 10.8. The summed E-state index contributed by atoms with van der Waals surface area (Å²) >= 11 is 0. The van der Waals surface area contributed by atoms with Crippen LogP contribution < -0.4 is 5.32 Å². The number of nitrogens with one attached hydrogen (secondary N) is 1. The summed E-state index contributed by atoms with van der Waals surface area (Å²) in [7, 11) is 0. The van der Waals surface area contributed by atoms with Crippen LogP contribution >= 0.6 is 0 Å². The first kappa shape index (κ1) is 51.6. The molecule has 2 unspecified atom stereocenters. The number of aliphatic hydroxyl groups excluding tert-OH is 2. The normalized spacial score (nSPS) is 12.8. The highest BCUT2D eigenvalue weighted by atomic mass is 16.5. The van der Waals surface area contributed by atoms with Gasteiger partial charge in [0.15, 0.2) is 0 Å². The van der Waals surface area contributed by atoms with Crippen LogP contribution in [-0.2, 0) is 14.3 Å². The number of esters is 1. The summed E-state index contributed by atoms with van der Waals surface area (Å²) in [6, 6.07) is -0.641. The number of aliphatic hydroxyl groups is 2. The summed E-state index contributed by atoms with van der Waals surface area (Å²) < 4.78 is 5.45. The second-order valence-electron chi connectivity index (χ2n) is 16.1. The largest absolute Gasteiger partial charge is 0.466 e. The summed E-state index contributed by atoms with van der Waals surface area (Å²) in [5, 5.41) is 22.9. The highest BCUT2D eigenvalue weighted by Crippen LogP contribution is 2.15. The van der Waals surface area contributed by atoms with Crippen molar-refractivity contribution in [2.24, 2.45) is 0 Å². The third kappa shape index (κ3) is 40.1. The van der Waals surface area contributed by atoms with Crippen molar-refractivity contribution in [1.29, 1.82) is 0 Å². The van der Waals surface area contributed by atoms with Crippen LogP contribution in [0.15, 0.2) is 12.2 Å². The van der Waals surface area contributed by atoms with E-state index >= 15 is 0 Å². The lowest BCUT2D eigenvalue weighted by Crippen LogP contribution is -2.45. The Morgan fingerprint density at radius 1 is 0.509 bits per heavy atom. The average Bonchev–Trinajstić information content (AvgIpc) is 3.16. The smallest absolute Gasteiger partial charge is 0.305 e. The van der Waals surface area contributed by atoms with Crippen molar-refractivity contribution < 1.29 is 24.5 Å². The first-order chi connectivity index (χ1) is 26.0. The van der Waals surface area contributed by atoms with Gasteiger partial charge in [-0.2, -0.15) is 0 Å². The minimum Gasteiger partial charge on any atom is -0.466 e. The number of unbranched alkanes of at least 4 members (excludes halogenated alkanes) is 32. The van der Waals surface area contributed by atoms with Crippen LogP contribution in [0.4, 0.5) is 0 Å². The van der Waals surface area contributed by atoms with Crippen molar-refractivity contribution in [2.75, 3.05) is 13.2 Å². The number of ether oxygens (including phenoxy) is 1. The molecule has 0 saturated carbocycles. The van der Waals surface area contributed by atoms with Crippen molar-refractivity contribution >= 4 is 11.9 Å². The second-order valence-corrected chi connectivity index (χ2v) is 16.1. The molecule has 0 fully saturated rings. The Morgan fingerprint density at radius 3 is 1.28 bits per heavy atom. The Labute approximate surface area is 329 Å². The summed E-state index contributed by atoms with van der Waals surface area (Å²) in [6.07, 6.45) is 47.7. The van der Waals surface area contributed by atoms with Gasteiger partial charge in [0.25, 0.3) is 0 Å². The molecule has 0 spiro atoms. The molecular formula is C47H91NO5. The van der Waals surface area contributed by atoms with Gasteiger partial charge in [-0.25, -0.2) is 0 Å². The zero-order valence-corrected chi connectivity index (χ0v) is 35.5. The van der Waals surface area contributed by atoms with E-state index in [1.54, 1.807) is 6.08 Å². The van der Waals surface area contributed by atoms with E-state index in [2.05, 4.69) is 19.2 Å². The second kappa shape index (κ2) is 43.3. The van der Waals surface area contributed by atoms with Crippen LogP contribution in [-0.4, -0.2) is 47.4 Å². The van der Waals surface area contributed by atoms with Gasteiger partial charge < -0.3 is 20.3 Å². The van der Waals surface area contributed by atoms with Gasteiger partial charge in [-0.05, 0) is 32.1 Å². The molecule has 314 valence electrons. The van der Waals surface area contributed by atoms with Gasteiger partial charge in [0.2, 0.25) is 5.91 Å². The maximum atomic E-state index is 12.4. The Hall–Kier alpha value is -1.40. The minimum absolute atomic E-state index is 0.0186. The Morgan fingerprint density at radius 2 is 0.868 bits per heavy atom. The summed E-state index contributed by atoms with van der Waals surface area (Å²) in [6.45, 7) is 4.84. The van der Waals surface area contributed by atoms with Crippen LogP contribution in [0.2, 0.25) is 0 Å². The first-order valence-corrected chi connectivity index (χ1v) is 23.5. The number of carbonyl (C=O) groups excluding carboxylic acids is 2. The van der Waals surface area contributed by atoms with E-state index < -0.39 is 12.1 Å². The molecule has 0 heterocycles. The van der Waals surface area contributed by atoms with E-state index in [0.717, 1.165) is 57.8 Å². The van der Waals surface area contributed by atoms with E-state index in [4.69, 9.17) is 4.74 Å². The van der Waals surface area contributed by atoms with E-state index in [0.29, 0.717) is 19.4 Å². The predicted molar refractivity (Wildman–Crippen MR) is 227 cm³/mol. The molecule has 0 aliphatic heterocycles. The molecular weight excluding hydrogens is 659 g/mol. The molecule has 0 saturated heterocycles. The fourth-order valence-corrected chi connectivity index (χ4v) is 7.16. The molecule has 0 radical (unpaired) electrons. The monoisotopic (exact) mass is 750 g/mol. The van der Waals surface area contributed by atoms with Gasteiger partial charge in [-0.15, -0.1) is 0 Å². The molecule has 0 aromatic rings. The molecule has 0 aromatic carbocycles. The van der Waals surface area contributed by atoms with Gasteiger partial charge in [0.05, 0.1) is 25.4 Å².